The summed E-state index contributed by atoms with van der Waals surface area (Å²) in [7, 11) is -3.21. The van der Waals surface area contributed by atoms with Gasteiger partial charge in [-0.15, -0.1) is 0 Å². The number of hydrogen-bond acceptors (Lipinski definition) is 5. The van der Waals surface area contributed by atoms with Crippen molar-refractivity contribution in [3.05, 3.63) is 0 Å². The number of nitrogens with two attached hydrogens (primary N) is 1. The van der Waals surface area contributed by atoms with Crippen molar-refractivity contribution >= 4 is 15.7 Å². The van der Waals surface area contributed by atoms with Crippen molar-refractivity contribution in [2.75, 3.05) is 26.0 Å². The molecule has 0 spiro atoms. The highest BCUT2D eigenvalue weighted by molar-refractivity contribution is 7.92. The molecule has 1 amide bonds. The third-order valence-electron chi connectivity index (χ3n) is 3.15. The van der Waals surface area contributed by atoms with E-state index < -0.39 is 14.6 Å². The topological polar surface area (TPSA) is 98.5 Å². The van der Waals surface area contributed by atoms with Gasteiger partial charge in [-0.3, -0.25) is 4.79 Å². The summed E-state index contributed by atoms with van der Waals surface area (Å²) >= 11 is 0. The Morgan fingerprint density at radius 2 is 2.06 bits per heavy atom. The Bertz CT molecular complexity index is 391. The molecular weight excluding hydrogens is 244 g/mol. The van der Waals surface area contributed by atoms with Crippen LogP contribution in [0.3, 0.4) is 0 Å². The third kappa shape index (κ3) is 3.40. The van der Waals surface area contributed by atoms with Crippen molar-refractivity contribution < 1.29 is 17.9 Å². The van der Waals surface area contributed by atoms with E-state index in [1.807, 2.05) is 0 Å². The summed E-state index contributed by atoms with van der Waals surface area (Å²) in [5.74, 6) is -0.628. The van der Waals surface area contributed by atoms with Crippen molar-refractivity contribution in [2.45, 2.75) is 24.6 Å². The van der Waals surface area contributed by atoms with Gasteiger partial charge in [0.2, 0.25) is 5.91 Å². The van der Waals surface area contributed by atoms with Crippen LogP contribution in [0.15, 0.2) is 0 Å². The number of sulfone groups is 1. The second-order valence-electron chi connectivity index (χ2n) is 5.06. The molecule has 2 unspecified atom stereocenters. The Balaban J connectivity index is 2.54. The fraction of sp³-hybridized carbons (Fsp3) is 0.900. The summed E-state index contributed by atoms with van der Waals surface area (Å²) in [5, 5.41) is 2.62. The normalized spacial score (nSPS) is 25.9. The molecular formula is C10H20N2O4S. The fourth-order valence-electron chi connectivity index (χ4n) is 1.40. The lowest BCUT2D eigenvalue weighted by atomic mass is 10.0. The Morgan fingerprint density at radius 3 is 2.47 bits per heavy atom. The van der Waals surface area contributed by atoms with E-state index in [9.17, 15) is 13.2 Å². The average molecular weight is 264 g/mol. The molecule has 3 N–H and O–H groups in total. The van der Waals surface area contributed by atoms with Crippen LogP contribution in [0.2, 0.25) is 0 Å². The summed E-state index contributed by atoms with van der Waals surface area (Å²) in [4.78, 5) is 11.8. The molecule has 1 rings (SSSR count). The first kappa shape index (κ1) is 14.4. The molecule has 0 saturated carbocycles. The van der Waals surface area contributed by atoms with Gasteiger partial charge in [0.1, 0.15) is 0 Å². The molecule has 1 aliphatic heterocycles. The van der Waals surface area contributed by atoms with Crippen LogP contribution in [-0.4, -0.2) is 51.1 Å². The summed E-state index contributed by atoms with van der Waals surface area (Å²) in [5.41, 5.74) is 5.70. The van der Waals surface area contributed by atoms with Crippen molar-refractivity contribution in [1.82, 2.24) is 5.32 Å². The maximum Gasteiger partial charge on any atom is 0.227 e. The lowest BCUT2D eigenvalue weighted by molar-refractivity contribution is -0.125. The maximum atomic E-state index is 11.8. The van der Waals surface area contributed by atoms with Crippen LogP contribution in [0.25, 0.3) is 0 Å². The van der Waals surface area contributed by atoms with Gasteiger partial charge in [0.15, 0.2) is 9.84 Å². The van der Waals surface area contributed by atoms with E-state index in [0.717, 1.165) is 6.26 Å². The summed E-state index contributed by atoms with van der Waals surface area (Å²) < 4.78 is 27.0. The number of amides is 1. The Morgan fingerprint density at radius 1 is 1.47 bits per heavy atom. The molecule has 1 aliphatic rings. The molecule has 2 atom stereocenters. The highest BCUT2D eigenvalue weighted by Crippen LogP contribution is 2.15. The van der Waals surface area contributed by atoms with E-state index in [1.165, 1.54) is 0 Å². The average Bonchev–Trinajstić information content (AvgIpc) is 2.59. The summed E-state index contributed by atoms with van der Waals surface area (Å²) in [6.45, 7) is 3.90. The standard InChI is InChI=1S/C10H20N2O4S/c1-10(2,17(3,14)15)6-12-9(13)7-4-16-5-8(7)11/h7-8H,4-6,11H2,1-3H3,(H,12,13). The Kier molecular flexibility index (Phi) is 4.16. The monoisotopic (exact) mass is 264 g/mol. The molecule has 0 bridgehead atoms. The van der Waals surface area contributed by atoms with Crippen molar-refractivity contribution in [3.63, 3.8) is 0 Å². The fourth-order valence-corrected chi connectivity index (χ4v) is 1.74. The number of ether oxygens (including phenoxy) is 1. The van der Waals surface area contributed by atoms with Gasteiger partial charge in [-0.2, -0.15) is 0 Å². The highest BCUT2D eigenvalue weighted by atomic mass is 32.2. The van der Waals surface area contributed by atoms with Crippen molar-refractivity contribution in [2.24, 2.45) is 11.7 Å². The minimum absolute atomic E-state index is 0.0773. The molecule has 100 valence electrons. The number of carbonyl (C=O) groups is 1. The zero-order valence-electron chi connectivity index (χ0n) is 10.4. The number of nitrogens with one attached hydrogen (secondary N) is 1. The molecule has 1 heterocycles. The van der Waals surface area contributed by atoms with Gasteiger partial charge in [0, 0.05) is 18.8 Å². The first-order valence-electron chi connectivity index (χ1n) is 5.46. The SMILES string of the molecule is CC(C)(CNC(=O)C1COCC1N)S(C)(=O)=O. The first-order valence-corrected chi connectivity index (χ1v) is 7.35. The van der Waals surface area contributed by atoms with E-state index in [0.29, 0.717) is 13.2 Å². The van der Waals surface area contributed by atoms with Crippen molar-refractivity contribution in [3.8, 4) is 0 Å². The molecule has 0 radical (unpaired) electrons. The van der Waals surface area contributed by atoms with Crippen LogP contribution in [0.5, 0.6) is 0 Å². The van der Waals surface area contributed by atoms with Crippen LogP contribution in [-0.2, 0) is 19.4 Å². The van der Waals surface area contributed by atoms with Crippen LogP contribution < -0.4 is 11.1 Å². The Labute approximate surface area is 102 Å². The Hall–Kier alpha value is -0.660. The second-order valence-corrected chi connectivity index (χ2v) is 7.71. The lowest BCUT2D eigenvalue weighted by Gasteiger charge is -2.24. The predicted octanol–water partition coefficient (Wildman–Crippen LogP) is -1.10. The molecule has 0 aromatic rings. The number of carbonyl (C=O) groups excluding carboxylic acids is 1. The van der Waals surface area contributed by atoms with E-state index in [-0.39, 0.29) is 24.4 Å². The smallest absolute Gasteiger partial charge is 0.227 e. The molecule has 0 aromatic heterocycles. The van der Waals surface area contributed by atoms with Crippen LogP contribution in [0, 0.1) is 5.92 Å². The molecule has 0 aliphatic carbocycles. The molecule has 7 heteroatoms. The third-order valence-corrected chi connectivity index (χ3v) is 5.31. The van der Waals surface area contributed by atoms with Crippen LogP contribution in [0.1, 0.15) is 13.8 Å². The summed E-state index contributed by atoms with van der Waals surface area (Å²) in [6, 6.07) is -0.309. The number of rotatable bonds is 4. The minimum Gasteiger partial charge on any atom is -0.379 e. The van der Waals surface area contributed by atoms with Gasteiger partial charge in [-0.1, -0.05) is 0 Å². The second kappa shape index (κ2) is 4.91. The van der Waals surface area contributed by atoms with Gasteiger partial charge in [0.05, 0.1) is 23.9 Å². The van der Waals surface area contributed by atoms with E-state index in [1.54, 1.807) is 13.8 Å². The number of hydrogen-bond donors (Lipinski definition) is 2. The molecule has 1 fully saturated rings. The first-order chi connectivity index (χ1) is 7.65. The van der Waals surface area contributed by atoms with Gasteiger partial charge >= 0.3 is 0 Å². The summed E-state index contributed by atoms with van der Waals surface area (Å²) in [6.07, 6.45) is 1.16. The van der Waals surface area contributed by atoms with E-state index >= 15 is 0 Å². The van der Waals surface area contributed by atoms with Gasteiger partial charge in [0.25, 0.3) is 0 Å². The zero-order chi connectivity index (χ0) is 13.3. The van der Waals surface area contributed by atoms with Crippen molar-refractivity contribution in [1.29, 1.82) is 0 Å². The highest BCUT2D eigenvalue weighted by Gasteiger charge is 2.34. The van der Waals surface area contributed by atoms with Gasteiger partial charge < -0.3 is 15.8 Å². The molecule has 17 heavy (non-hydrogen) atoms. The van der Waals surface area contributed by atoms with Gasteiger partial charge in [-0.25, -0.2) is 8.42 Å². The quantitative estimate of drug-likeness (QED) is 0.671. The lowest BCUT2D eigenvalue weighted by Crippen LogP contribution is -2.48. The van der Waals surface area contributed by atoms with Crippen LogP contribution in [0.4, 0.5) is 0 Å². The maximum absolute atomic E-state index is 11.8. The minimum atomic E-state index is -3.21. The predicted molar refractivity (Wildman–Crippen MR) is 64.2 cm³/mol. The van der Waals surface area contributed by atoms with E-state index in [2.05, 4.69) is 5.32 Å². The van der Waals surface area contributed by atoms with Crippen LogP contribution >= 0.6 is 0 Å². The molecule has 1 saturated heterocycles. The van der Waals surface area contributed by atoms with E-state index in [4.69, 9.17) is 10.5 Å². The zero-order valence-corrected chi connectivity index (χ0v) is 11.2. The molecule has 6 nitrogen and oxygen atoms in total. The molecule has 0 aromatic carbocycles. The largest absolute Gasteiger partial charge is 0.379 e. The van der Waals surface area contributed by atoms with Gasteiger partial charge in [-0.05, 0) is 13.8 Å².